The number of alkyl halides is 3. The highest BCUT2D eigenvalue weighted by Gasteiger charge is 2.33. The van der Waals surface area contributed by atoms with Crippen molar-refractivity contribution in [3.05, 3.63) is 52.6 Å². The molecule has 3 N–H and O–H groups in total. The average Bonchev–Trinajstić information content (AvgIpc) is 3.16. The van der Waals surface area contributed by atoms with E-state index in [0.29, 0.717) is 55.4 Å². The van der Waals surface area contributed by atoms with Gasteiger partial charge in [0.25, 0.3) is 5.91 Å². The van der Waals surface area contributed by atoms with Crippen LogP contribution in [0.5, 0.6) is 5.75 Å². The Morgan fingerprint density at radius 3 is 2.63 bits per heavy atom. The van der Waals surface area contributed by atoms with Crippen LogP contribution in [0.15, 0.2) is 24.4 Å². The van der Waals surface area contributed by atoms with Crippen molar-refractivity contribution in [3.8, 4) is 5.75 Å². The second-order valence-electron chi connectivity index (χ2n) is 8.90. The lowest BCUT2D eigenvalue weighted by atomic mass is 9.85. The minimum Gasteiger partial charge on any atom is -0.406 e. The zero-order valence-corrected chi connectivity index (χ0v) is 18.5. The fourth-order valence-corrected chi connectivity index (χ4v) is 5.10. The normalized spacial score (nSPS) is 17.0. The van der Waals surface area contributed by atoms with Crippen molar-refractivity contribution < 1.29 is 31.9 Å². The number of carbonyl (C=O) groups excluding carboxylic acids is 2. The van der Waals surface area contributed by atoms with E-state index in [2.05, 4.69) is 14.7 Å². The van der Waals surface area contributed by atoms with Gasteiger partial charge in [-0.15, -0.1) is 13.2 Å². The summed E-state index contributed by atoms with van der Waals surface area (Å²) in [4.78, 5) is 34.0. The SMILES string of the molecule is Nc1cc(OC(F)(F)F)ccc1C(=O)N1CCC(c2c(F)cnc3[nH]c4c(c23)CC(=O)CC4)CC1. The minimum absolute atomic E-state index is 0.0775. The number of nitrogens with one attached hydrogen (secondary N) is 1. The Bertz CT molecular complexity index is 1330. The number of likely N-dealkylation sites (tertiary alicyclic amines) is 1. The van der Waals surface area contributed by atoms with Crippen LogP contribution >= 0.6 is 0 Å². The summed E-state index contributed by atoms with van der Waals surface area (Å²) in [5.74, 6) is -1.42. The van der Waals surface area contributed by atoms with Crippen LogP contribution in [0.3, 0.4) is 0 Å². The number of aromatic nitrogens is 2. The van der Waals surface area contributed by atoms with Crippen LogP contribution in [0, 0.1) is 5.82 Å². The second-order valence-corrected chi connectivity index (χ2v) is 8.90. The molecule has 1 aliphatic heterocycles. The van der Waals surface area contributed by atoms with E-state index in [0.717, 1.165) is 23.4 Å². The van der Waals surface area contributed by atoms with Gasteiger partial charge in [-0.05, 0) is 42.9 Å². The minimum atomic E-state index is -4.86. The second kappa shape index (κ2) is 8.54. The van der Waals surface area contributed by atoms with Gasteiger partial charge in [-0.1, -0.05) is 0 Å². The third-order valence-corrected chi connectivity index (χ3v) is 6.71. The van der Waals surface area contributed by atoms with Gasteiger partial charge < -0.3 is 20.4 Å². The van der Waals surface area contributed by atoms with Gasteiger partial charge >= 0.3 is 6.36 Å². The van der Waals surface area contributed by atoms with Crippen molar-refractivity contribution >= 4 is 28.4 Å². The number of hydrogen-bond acceptors (Lipinski definition) is 5. The first kappa shape index (κ1) is 23.1. The van der Waals surface area contributed by atoms with Crippen molar-refractivity contribution in [2.24, 2.45) is 0 Å². The molecule has 35 heavy (non-hydrogen) atoms. The number of aryl methyl sites for hydroxylation is 1. The molecule has 1 aliphatic carbocycles. The van der Waals surface area contributed by atoms with E-state index < -0.39 is 23.8 Å². The summed E-state index contributed by atoms with van der Waals surface area (Å²) in [6, 6.07) is 3.22. The van der Waals surface area contributed by atoms with Crippen molar-refractivity contribution in [3.63, 3.8) is 0 Å². The molecule has 0 atom stereocenters. The summed E-state index contributed by atoms with van der Waals surface area (Å²) in [7, 11) is 0. The maximum atomic E-state index is 15.0. The Morgan fingerprint density at radius 1 is 1.20 bits per heavy atom. The van der Waals surface area contributed by atoms with Crippen molar-refractivity contribution in [2.45, 2.75) is 44.4 Å². The number of ether oxygens (including phenoxy) is 1. The predicted octanol–water partition coefficient (Wildman–Crippen LogP) is 4.26. The molecule has 1 fully saturated rings. The molecule has 2 aliphatic rings. The molecule has 0 saturated carbocycles. The molecular formula is C24H22F4N4O3. The monoisotopic (exact) mass is 490 g/mol. The number of H-pyrrole nitrogens is 1. The highest BCUT2D eigenvalue weighted by atomic mass is 19.4. The number of ketones is 1. The summed E-state index contributed by atoms with van der Waals surface area (Å²) in [6.45, 7) is 0.636. The van der Waals surface area contributed by atoms with Crippen LogP contribution in [0.4, 0.5) is 23.2 Å². The van der Waals surface area contributed by atoms with E-state index in [4.69, 9.17) is 5.73 Å². The number of halogens is 4. The molecule has 1 amide bonds. The van der Waals surface area contributed by atoms with Crippen LogP contribution in [0.1, 0.15) is 52.4 Å². The average molecular weight is 490 g/mol. The molecule has 0 radical (unpaired) electrons. The van der Waals surface area contributed by atoms with Crippen LogP contribution in [0.25, 0.3) is 11.0 Å². The number of fused-ring (bicyclic) bond motifs is 3. The number of benzene rings is 1. The lowest BCUT2D eigenvalue weighted by Crippen LogP contribution is -2.38. The number of amides is 1. The molecule has 11 heteroatoms. The number of piperidine rings is 1. The van der Waals surface area contributed by atoms with Gasteiger partial charge in [-0.25, -0.2) is 9.37 Å². The Labute approximate surface area is 197 Å². The van der Waals surface area contributed by atoms with Gasteiger partial charge in [0.15, 0.2) is 0 Å². The van der Waals surface area contributed by atoms with E-state index in [-0.39, 0.29) is 29.4 Å². The number of nitrogens with two attached hydrogens (primary N) is 1. The molecule has 3 heterocycles. The van der Waals surface area contributed by atoms with Crippen LogP contribution in [-0.4, -0.2) is 46.0 Å². The van der Waals surface area contributed by atoms with E-state index >= 15 is 4.39 Å². The summed E-state index contributed by atoms with van der Waals surface area (Å²) in [5, 5.41) is 0.669. The lowest BCUT2D eigenvalue weighted by Gasteiger charge is -2.33. The number of aromatic amines is 1. The van der Waals surface area contributed by atoms with Gasteiger partial charge in [-0.2, -0.15) is 0 Å². The number of anilines is 1. The van der Waals surface area contributed by atoms with Gasteiger partial charge in [0.2, 0.25) is 0 Å². The number of hydrogen-bond donors (Lipinski definition) is 2. The Kier molecular flexibility index (Phi) is 5.65. The first-order valence-electron chi connectivity index (χ1n) is 11.2. The fraction of sp³-hybridized carbons (Fsp3) is 0.375. The Hall–Kier alpha value is -3.63. The molecule has 0 spiro atoms. The van der Waals surface area contributed by atoms with Gasteiger partial charge in [0, 0.05) is 54.3 Å². The molecule has 3 aromatic rings. The standard InChI is InChI=1S/C24H22F4N4O3/c25-17-11-30-22-21(16-9-13(33)1-4-19(16)31-22)20(17)12-5-7-32(8-6-12)23(34)15-3-2-14(10-18(15)29)35-24(26,27)28/h2-3,10-12H,1,4-9,29H2,(H,30,31). The topological polar surface area (TPSA) is 101 Å². The molecule has 1 saturated heterocycles. The Balaban J connectivity index is 1.35. The van der Waals surface area contributed by atoms with Crippen molar-refractivity contribution in [2.75, 3.05) is 18.8 Å². The number of pyridine rings is 1. The number of nitrogens with zero attached hydrogens (tertiary/aromatic N) is 2. The smallest absolute Gasteiger partial charge is 0.406 e. The van der Waals surface area contributed by atoms with Crippen LogP contribution in [-0.2, 0) is 17.6 Å². The molecule has 7 nitrogen and oxygen atoms in total. The third-order valence-electron chi connectivity index (χ3n) is 6.71. The van der Waals surface area contributed by atoms with E-state index in [9.17, 15) is 22.8 Å². The molecule has 5 rings (SSSR count). The van der Waals surface area contributed by atoms with Gasteiger partial charge in [0.1, 0.15) is 23.0 Å². The van der Waals surface area contributed by atoms with Gasteiger partial charge in [-0.3, -0.25) is 9.59 Å². The molecule has 184 valence electrons. The Morgan fingerprint density at radius 2 is 1.94 bits per heavy atom. The number of nitrogen functional groups attached to an aromatic ring is 1. The third kappa shape index (κ3) is 4.42. The summed E-state index contributed by atoms with van der Waals surface area (Å²) in [6.07, 6.45) is -1.45. The van der Waals surface area contributed by atoms with Crippen LogP contribution < -0.4 is 10.5 Å². The van der Waals surface area contributed by atoms with Gasteiger partial charge in [0.05, 0.1) is 11.8 Å². The largest absolute Gasteiger partial charge is 0.573 e. The molecular weight excluding hydrogens is 468 g/mol. The maximum Gasteiger partial charge on any atom is 0.573 e. The predicted molar refractivity (Wildman–Crippen MR) is 118 cm³/mol. The highest BCUT2D eigenvalue weighted by molar-refractivity contribution is 5.99. The van der Waals surface area contributed by atoms with E-state index in [1.54, 1.807) is 4.90 Å². The number of rotatable bonds is 3. The summed E-state index contributed by atoms with van der Waals surface area (Å²) in [5.41, 5.74) is 8.59. The highest BCUT2D eigenvalue weighted by Crippen LogP contribution is 2.39. The van der Waals surface area contributed by atoms with Crippen LogP contribution in [0.2, 0.25) is 0 Å². The zero-order chi connectivity index (χ0) is 24.9. The first-order chi connectivity index (χ1) is 16.6. The van der Waals surface area contributed by atoms with E-state index in [1.807, 2.05) is 0 Å². The zero-order valence-electron chi connectivity index (χ0n) is 18.5. The molecule has 1 aromatic carbocycles. The molecule has 2 aromatic heterocycles. The summed E-state index contributed by atoms with van der Waals surface area (Å²) < 4.78 is 56.2. The van der Waals surface area contributed by atoms with E-state index in [1.165, 1.54) is 12.3 Å². The van der Waals surface area contributed by atoms with Crippen molar-refractivity contribution in [1.29, 1.82) is 0 Å². The molecule has 0 unspecified atom stereocenters. The lowest BCUT2D eigenvalue weighted by molar-refractivity contribution is -0.274. The van der Waals surface area contributed by atoms with Crippen molar-refractivity contribution in [1.82, 2.24) is 14.9 Å². The fourth-order valence-electron chi connectivity index (χ4n) is 5.10. The quantitative estimate of drug-likeness (QED) is 0.422. The number of carbonyl (C=O) groups is 2. The maximum absolute atomic E-state index is 15.0. The first-order valence-corrected chi connectivity index (χ1v) is 11.2. The number of Topliss-reactive ketones (excluding diaryl/α,β-unsaturated/α-hetero) is 1. The summed E-state index contributed by atoms with van der Waals surface area (Å²) >= 11 is 0. The molecule has 0 bridgehead atoms.